The highest BCUT2D eigenvalue weighted by Crippen LogP contribution is 1.99. The summed E-state index contributed by atoms with van der Waals surface area (Å²) in [5, 5.41) is 11.0. The maximum absolute atomic E-state index is 7.18. The van der Waals surface area contributed by atoms with E-state index in [1.165, 1.54) is 0 Å². The Kier molecular flexibility index (Phi) is 1.11. The molecule has 2 aliphatic rings. The summed E-state index contributed by atoms with van der Waals surface area (Å²) in [6.45, 7) is 0. The molecule has 0 unspecified atom stereocenters. The van der Waals surface area contributed by atoms with E-state index in [4.69, 9.17) is 5.41 Å². The molecule has 5 heteroatoms. The van der Waals surface area contributed by atoms with Crippen molar-refractivity contribution in [3.8, 4) is 0 Å². The lowest BCUT2D eigenvalue weighted by molar-refractivity contribution is 0.694. The monoisotopic (exact) mass is 147 g/mol. The molecular formula is C6H5N5. The number of fused-ring (bicyclic) bond motifs is 1. The molecule has 2 rings (SSSR count). The molecule has 54 valence electrons. The van der Waals surface area contributed by atoms with Crippen LogP contribution in [0.3, 0.4) is 0 Å². The second-order valence-electron chi connectivity index (χ2n) is 2.05. The second-order valence-corrected chi connectivity index (χ2v) is 2.05. The molecule has 0 radical (unpaired) electrons. The smallest absolute Gasteiger partial charge is 0.154 e. The minimum Gasteiger partial charge on any atom is -0.282 e. The van der Waals surface area contributed by atoms with Crippen molar-refractivity contribution in [1.29, 1.82) is 5.41 Å². The largest absolute Gasteiger partial charge is 0.282 e. The van der Waals surface area contributed by atoms with E-state index in [0.29, 0.717) is 5.70 Å². The first-order valence-corrected chi connectivity index (χ1v) is 3.06. The molecule has 0 aromatic heterocycles. The fourth-order valence-electron chi connectivity index (χ4n) is 0.781. The summed E-state index contributed by atoms with van der Waals surface area (Å²) in [6.07, 6.45) is 3.27. The highest BCUT2D eigenvalue weighted by atomic mass is 15.6. The number of nitrogens with zero attached hydrogens (tertiary/aromatic N) is 2. The first kappa shape index (κ1) is 5.88. The number of hydrazone groups is 1. The molecule has 2 aliphatic heterocycles. The van der Waals surface area contributed by atoms with Crippen LogP contribution in [0.2, 0.25) is 0 Å². The van der Waals surface area contributed by atoms with Crippen molar-refractivity contribution < 1.29 is 0 Å². The van der Waals surface area contributed by atoms with Gasteiger partial charge in [0.25, 0.3) is 0 Å². The van der Waals surface area contributed by atoms with Gasteiger partial charge in [0.05, 0.1) is 0 Å². The molecule has 0 saturated carbocycles. The molecule has 0 aliphatic carbocycles. The van der Waals surface area contributed by atoms with Gasteiger partial charge in [-0.1, -0.05) is 0 Å². The number of allylic oxidation sites excluding steroid dienone is 1. The zero-order valence-electron chi connectivity index (χ0n) is 5.55. The lowest BCUT2D eigenvalue weighted by atomic mass is 10.3. The summed E-state index contributed by atoms with van der Waals surface area (Å²) >= 11 is 0. The predicted octanol–water partition coefficient (Wildman–Crippen LogP) is -0.449. The molecule has 0 amide bonds. The van der Waals surface area contributed by atoms with Crippen molar-refractivity contribution >= 4 is 17.4 Å². The van der Waals surface area contributed by atoms with Gasteiger partial charge in [-0.3, -0.25) is 10.8 Å². The van der Waals surface area contributed by atoms with E-state index in [2.05, 4.69) is 26.9 Å². The molecule has 0 aromatic carbocycles. The Morgan fingerprint density at radius 1 is 1.45 bits per heavy atom. The zero-order chi connectivity index (χ0) is 7.68. The van der Waals surface area contributed by atoms with E-state index in [0.717, 1.165) is 5.71 Å². The third kappa shape index (κ3) is 0.929. The van der Waals surface area contributed by atoms with Crippen LogP contribution in [0.15, 0.2) is 27.9 Å². The van der Waals surface area contributed by atoms with Gasteiger partial charge in [0.2, 0.25) is 0 Å². The molecule has 0 aromatic rings. The number of amidine groups is 1. The molecule has 11 heavy (non-hydrogen) atoms. The third-order valence-electron chi connectivity index (χ3n) is 1.30. The van der Waals surface area contributed by atoms with Crippen LogP contribution < -0.4 is 11.0 Å². The van der Waals surface area contributed by atoms with E-state index in [1.807, 2.05) is 0 Å². The Labute approximate surface area is 62.7 Å². The Morgan fingerprint density at radius 2 is 2.36 bits per heavy atom. The lowest BCUT2D eigenvalue weighted by Crippen LogP contribution is -2.20. The van der Waals surface area contributed by atoms with Gasteiger partial charge in [0.15, 0.2) is 5.84 Å². The highest BCUT2D eigenvalue weighted by Gasteiger charge is 2.10. The summed E-state index contributed by atoms with van der Waals surface area (Å²) in [6, 6.07) is 0. The van der Waals surface area contributed by atoms with Gasteiger partial charge in [-0.15, -0.1) is 0 Å². The number of hydrogen-bond acceptors (Lipinski definition) is 4. The van der Waals surface area contributed by atoms with Crippen LogP contribution in [0.25, 0.3) is 0 Å². The van der Waals surface area contributed by atoms with Gasteiger partial charge in [0.1, 0.15) is 11.4 Å². The summed E-state index contributed by atoms with van der Waals surface area (Å²) in [7, 11) is 0. The number of hydrogen-bond donors (Lipinski definition) is 3. The van der Waals surface area contributed by atoms with Crippen molar-refractivity contribution in [3.63, 3.8) is 0 Å². The van der Waals surface area contributed by atoms with Gasteiger partial charge in [-0.25, -0.2) is 5.53 Å². The molecule has 0 atom stereocenters. The maximum atomic E-state index is 7.18. The fraction of sp³-hybridized carbons (Fsp3) is 0. The van der Waals surface area contributed by atoms with E-state index < -0.39 is 0 Å². The summed E-state index contributed by atoms with van der Waals surface area (Å²) in [4.78, 5) is 3.69. The minimum atomic E-state index is 0.177. The van der Waals surface area contributed by atoms with Gasteiger partial charge in [0, 0.05) is 5.87 Å². The fourth-order valence-corrected chi connectivity index (χ4v) is 0.781. The van der Waals surface area contributed by atoms with Crippen LogP contribution in [-0.2, 0) is 0 Å². The molecule has 0 spiro atoms. The third-order valence-corrected chi connectivity index (χ3v) is 1.30. The van der Waals surface area contributed by atoms with Crippen LogP contribution in [0, 0.1) is 5.41 Å². The maximum Gasteiger partial charge on any atom is 0.154 e. The van der Waals surface area contributed by atoms with Crippen LogP contribution in [0.1, 0.15) is 0 Å². The Hall–Kier alpha value is -1.87. The highest BCUT2D eigenvalue weighted by molar-refractivity contribution is 6.18. The molecule has 0 fully saturated rings. The van der Waals surface area contributed by atoms with E-state index in [9.17, 15) is 0 Å². The van der Waals surface area contributed by atoms with Crippen molar-refractivity contribution in [2.45, 2.75) is 0 Å². The lowest BCUT2D eigenvalue weighted by Gasteiger charge is -1.89. The van der Waals surface area contributed by atoms with E-state index in [-0.39, 0.29) is 5.84 Å². The molecule has 2 heterocycles. The SMILES string of the molecule is N=C1C=CC2=NNNC2=C=N1. The van der Waals surface area contributed by atoms with Crippen LogP contribution in [-0.4, -0.2) is 17.4 Å². The Bertz CT molecular complexity index is 329. The molecular weight excluding hydrogens is 142 g/mol. The second kappa shape index (κ2) is 2.07. The van der Waals surface area contributed by atoms with Gasteiger partial charge >= 0.3 is 0 Å². The van der Waals surface area contributed by atoms with Gasteiger partial charge in [-0.05, 0) is 12.2 Å². The average molecular weight is 147 g/mol. The average Bonchev–Trinajstić information content (AvgIpc) is 2.38. The molecule has 0 bridgehead atoms. The first-order valence-electron chi connectivity index (χ1n) is 3.06. The number of hydrazine groups is 1. The minimum absolute atomic E-state index is 0.177. The first-order chi connectivity index (χ1) is 5.36. The molecule has 0 saturated heterocycles. The predicted molar refractivity (Wildman–Crippen MR) is 41.5 cm³/mol. The van der Waals surface area contributed by atoms with E-state index in [1.54, 1.807) is 12.2 Å². The number of aliphatic imine (C=N–C) groups is 1. The Balaban J connectivity index is 2.52. The summed E-state index contributed by atoms with van der Waals surface area (Å²) in [5.74, 6) is 2.82. The standard InChI is InChI=1S/C6H5N5/c7-6-2-1-4-5(3-8-6)10-11-9-4/h1-2,7,10-11H. The quantitative estimate of drug-likeness (QED) is 0.434. The summed E-state index contributed by atoms with van der Waals surface area (Å²) in [5.41, 5.74) is 6.68. The molecule has 3 N–H and O–H groups in total. The normalized spacial score (nSPS) is 19.5. The topological polar surface area (TPSA) is 72.6 Å². The van der Waals surface area contributed by atoms with Gasteiger partial charge in [-0.2, -0.15) is 10.1 Å². The van der Waals surface area contributed by atoms with Crippen molar-refractivity contribution in [2.24, 2.45) is 10.1 Å². The van der Waals surface area contributed by atoms with Crippen molar-refractivity contribution in [2.75, 3.05) is 0 Å². The van der Waals surface area contributed by atoms with Gasteiger partial charge < -0.3 is 0 Å². The van der Waals surface area contributed by atoms with Crippen LogP contribution in [0.5, 0.6) is 0 Å². The van der Waals surface area contributed by atoms with Crippen molar-refractivity contribution in [3.05, 3.63) is 17.8 Å². The zero-order valence-corrected chi connectivity index (χ0v) is 5.55. The molecule has 5 nitrogen and oxygen atoms in total. The van der Waals surface area contributed by atoms with E-state index >= 15 is 0 Å². The number of nitrogens with one attached hydrogen (secondary N) is 3. The van der Waals surface area contributed by atoms with Crippen LogP contribution in [0.4, 0.5) is 0 Å². The van der Waals surface area contributed by atoms with Crippen LogP contribution >= 0.6 is 0 Å². The number of rotatable bonds is 0. The summed E-state index contributed by atoms with van der Waals surface area (Å²) < 4.78 is 0. The van der Waals surface area contributed by atoms with Crippen molar-refractivity contribution in [1.82, 2.24) is 11.0 Å². The Morgan fingerprint density at radius 3 is 3.27 bits per heavy atom.